The minimum Gasteiger partial charge on any atom is -0.417 e. The third kappa shape index (κ3) is 4.42. The first-order chi connectivity index (χ1) is 13.5. The van der Waals surface area contributed by atoms with Gasteiger partial charge in [-0.1, -0.05) is 0 Å². The lowest BCUT2D eigenvalue weighted by Gasteiger charge is -2.30. The lowest BCUT2D eigenvalue weighted by atomic mass is 9.96. The number of halogens is 3. The molecule has 1 aliphatic heterocycles. The fourth-order valence-corrected chi connectivity index (χ4v) is 3.91. The molecule has 0 spiro atoms. The first kappa shape index (κ1) is 21.2. The Labute approximate surface area is 165 Å². The van der Waals surface area contributed by atoms with Crippen molar-refractivity contribution in [1.29, 1.82) is 0 Å². The van der Waals surface area contributed by atoms with Crippen molar-refractivity contribution in [3.63, 3.8) is 0 Å². The summed E-state index contributed by atoms with van der Waals surface area (Å²) in [6, 6.07) is 5.62. The number of sulfonamides is 1. The van der Waals surface area contributed by atoms with Crippen LogP contribution in [0.5, 0.6) is 0 Å². The van der Waals surface area contributed by atoms with Crippen molar-refractivity contribution in [3.05, 3.63) is 41.6 Å². The number of nitrogens with zero attached hydrogens (tertiary/aromatic N) is 4. The van der Waals surface area contributed by atoms with E-state index in [9.17, 15) is 26.4 Å². The second kappa shape index (κ2) is 7.75. The Kier molecular flexibility index (Phi) is 5.68. The van der Waals surface area contributed by atoms with Crippen molar-refractivity contribution in [2.45, 2.75) is 29.8 Å². The van der Waals surface area contributed by atoms with Gasteiger partial charge < -0.3 is 9.32 Å². The fraction of sp³-hybridized carbons (Fsp3) is 0.471. The number of hydrogen-bond donors (Lipinski definition) is 0. The Balaban J connectivity index is 1.64. The molecule has 29 heavy (non-hydrogen) atoms. The number of alkyl halides is 3. The van der Waals surface area contributed by atoms with E-state index in [-0.39, 0.29) is 22.6 Å². The quantitative estimate of drug-likeness (QED) is 0.736. The molecule has 2 heterocycles. The molecule has 0 aliphatic carbocycles. The molecular formula is C17H19F3N4O4S. The zero-order valence-corrected chi connectivity index (χ0v) is 16.5. The van der Waals surface area contributed by atoms with Gasteiger partial charge in [-0.25, -0.2) is 12.7 Å². The average molecular weight is 432 g/mol. The summed E-state index contributed by atoms with van der Waals surface area (Å²) < 4.78 is 67.7. The molecule has 158 valence electrons. The van der Waals surface area contributed by atoms with Crippen molar-refractivity contribution in [2.24, 2.45) is 0 Å². The highest BCUT2D eigenvalue weighted by Crippen LogP contribution is 2.32. The molecule has 1 fully saturated rings. The van der Waals surface area contributed by atoms with E-state index in [1.807, 2.05) is 0 Å². The smallest absolute Gasteiger partial charge is 0.417 e. The molecule has 8 nitrogen and oxygen atoms in total. The van der Waals surface area contributed by atoms with Gasteiger partial charge in [0.2, 0.25) is 15.9 Å². The minimum absolute atomic E-state index is 0.0784. The molecule has 0 bridgehead atoms. The summed E-state index contributed by atoms with van der Waals surface area (Å²) in [6.45, 7) is 0.621. The third-order valence-electron chi connectivity index (χ3n) is 4.69. The van der Waals surface area contributed by atoms with E-state index < -0.39 is 22.1 Å². The Bertz CT molecular complexity index is 979. The van der Waals surface area contributed by atoms with Gasteiger partial charge in [-0.05, 0) is 37.1 Å². The summed E-state index contributed by atoms with van der Waals surface area (Å²) >= 11 is 0. The fourth-order valence-electron chi connectivity index (χ4n) is 3.01. The molecule has 0 saturated carbocycles. The first-order valence-electron chi connectivity index (χ1n) is 8.72. The lowest BCUT2D eigenvalue weighted by molar-refractivity contribution is -0.157. The van der Waals surface area contributed by atoms with Gasteiger partial charge in [0.25, 0.3) is 5.91 Å². The van der Waals surface area contributed by atoms with Gasteiger partial charge >= 0.3 is 12.1 Å². The summed E-state index contributed by atoms with van der Waals surface area (Å²) in [4.78, 5) is 14.3. The van der Waals surface area contributed by atoms with Crippen molar-refractivity contribution in [3.8, 4) is 0 Å². The van der Waals surface area contributed by atoms with E-state index in [0.29, 0.717) is 31.5 Å². The molecule has 0 radical (unpaired) electrons. The standard InChI is InChI=1S/C17H19F3N4O4S/c1-23(2)29(26,27)13-5-3-12(4-6-13)15(25)24-9-7-11(8-10-24)14-21-22-16(28-14)17(18,19)20/h3-6,11H,7-10H2,1-2H3. The van der Waals surface area contributed by atoms with Gasteiger partial charge in [0.1, 0.15) is 0 Å². The topological polar surface area (TPSA) is 96.6 Å². The average Bonchev–Trinajstić information content (AvgIpc) is 3.18. The van der Waals surface area contributed by atoms with Crippen LogP contribution in [0, 0.1) is 0 Å². The highest BCUT2D eigenvalue weighted by Gasteiger charge is 2.39. The van der Waals surface area contributed by atoms with Crippen LogP contribution in [-0.2, 0) is 16.2 Å². The Hall–Kier alpha value is -2.47. The normalized spacial score (nSPS) is 16.4. The summed E-state index contributed by atoms with van der Waals surface area (Å²) in [6.07, 6.45) is -3.91. The van der Waals surface area contributed by atoms with Crippen LogP contribution in [0.25, 0.3) is 0 Å². The second-order valence-electron chi connectivity index (χ2n) is 6.82. The molecule has 0 unspecified atom stereocenters. The molecule has 0 atom stereocenters. The number of likely N-dealkylation sites (tertiary alicyclic amines) is 1. The van der Waals surface area contributed by atoms with Gasteiger partial charge in [-0.2, -0.15) is 13.2 Å². The van der Waals surface area contributed by atoms with Crippen LogP contribution in [0.2, 0.25) is 0 Å². The summed E-state index contributed by atoms with van der Waals surface area (Å²) in [5.74, 6) is -2.09. The summed E-state index contributed by atoms with van der Waals surface area (Å²) in [7, 11) is -0.753. The summed E-state index contributed by atoms with van der Waals surface area (Å²) in [5, 5.41) is 6.51. The van der Waals surface area contributed by atoms with Crippen molar-refractivity contribution >= 4 is 15.9 Å². The van der Waals surface area contributed by atoms with Gasteiger partial charge in [-0.15, -0.1) is 10.2 Å². The van der Waals surface area contributed by atoms with Gasteiger partial charge in [0.05, 0.1) is 4.90 Å². The van der Waals surface area contributed by atoms with E-state index in [0.717, 1.165) is 4.31 Å². The van der Waals surface area contributed by atoms with Crippen LogP contribution in [0.1, 0.15) is 40.9 Å². The SMILES string of the molecule is CN(C)S(=O)(=O)c1ccc(C(=O)N2CCC(c3nnc(C(F)(F)F)o3)CC2)cc1. The largest absolute Gasteiger partial charge is 0.470 e. The minimum atomic E-state index is -4.69. The Morgan fingerprint density at radius 3 is 2.21 bits per heavy atom. The highest BCUT2D eigenvalue weighted by atomic mass is 32.2. The van der Waals surface area contributed by atoms with E-state index in [2.05, 4.69) is 10.2 Å². The number of carbonyl (C=O) groups is 1. The second-order valence-corrected chi connectivity index (χ2v) is 8.97. The molecule has 0 N–H and O–H groups in total. The van der Waals surface area contributed by atoms with Gasteiger partial charge in [-0.3, -0.25) is 4.79 Å². The number of aromatic nitrogens is 2. The van der Waals surface area contributed by atoms with Crippen LogP contribution in [-0.4, -0.2) is 60.9 Å². The van der Waals surface area contributed by atoms with E-state index in [1.54, 1.807) is 4.90 Å². The predicted octanol–water partition coefficient (Wildman–Crippen LogP) is 2.36. The zero-order chi connectivity index (χ0) is 21.4. The van der Waals surface area contributed by atoms with Gasteiger partial charge in [0.15, 0.2) is 0 Å². The van der Waals surface area contributed by atoms with Crippen LogP contribution in [0.15, 0.2) is 33.6 Å². The van der Waals surface area contributed by atoms with Crippen molar-refractivity contribution in [2.75, 3.05) is 27.2 Å². The molecule has 12 heteroatoms. The van der Waals surface area contributed by atoms with E-state index in [1.165, 1.54) is 38.4 Å². The van der Waals surface area contributed by atoms with Gasteiger partial charge in [0, 0.05) is 38.7 Å². The zero-order valence-electron chi connectivity index (χ0n) is 15.7. The van der Waals surface area contributed by atoms with Crippen molar-refractivity contribution < 1.29 is 30.8 Å². The number of piperidine rings is 1. The maximum atomic E-state index is 12.6. The number of hydrogen-bond acceptors (Lipinski definition) is 6. The van der Waals surface area contributed by atoms with Crippen molar-refractivity contribution in [1.82, 2.24) is 19.4 Å². The molecule has 2 aromatic rings. The third-order valence-corrected chi connectivity index (χ3v) is 6.52. The van der Waals surface area contributed by atoms with Crippen LogP contribution < -0.4 is 0 Å². The summed E-state index contributed by atoms with van der Waals surface area (Å²) in [5.41, 5.74) is 0.332. The lowest BCUT2D eigenvalue weighted by Crippen LogP contribution is -2.38. The van der Waals surface area contributed by atoms with Crippen LogP contribution in [0.3, 0.4) is 0 Å². The number of carbonyl (C=O) groups excluding carboxylic acids is 1. The number of benzene rings is 1. The molecule has 1 aromatic carbocycles. The van der Waals surface area contributed by atoms with E-state index >= 15 is 0 Å². The monoisotopic (exact) mass is 432 g/mol. The van der Waals surface area contributed by atoms with Crippen LogP contribution >= 0.6 is 0 Å². The Morgan fingerprint density at radius 1 is 1.14 bits per heavy atom. The maximum Gasteiger partial charge on any atom is 0.470 e. The first-order valence-corrected chi connectivity index (χ1v) is 10.2. The predicted molar refractivity (Wildman–Crippen MR) is 94.5 cm³/mol. The van der Waals surface area contributed by atoms with Crippen LogP contribution in [0.4, 0.5) is 13.2 Å². The molecular weight excluding hydrogens is 413 g/mol. The molecule has 3 rings (SSSR count). The molecule has 1 aliphatic rings. The maximum absolute atomic E-state index is 12.6. The Morgan fingerprint density at radius 2 is 1.72 bits per heavy atom. The highest BCUT2D eigenvalue weighted by molar-refractivity contribution is 7.89. The number of amides is 1. The molecule has 1 amide bonds. The molecule has 1 aromatic heterocycles. The van der Waals surface area contributed by atoms with E-state index in [4.69, 9.17) is 4.42 Å². The number of rotatable bonds is 4. The molecule has 1 saturated heterocycles.